The first-order chi connectivity index (χ1) is 16.2. The van der Waals surface area contributed by atoms with Crippen LogP contribution in [0.15, 0.2) is 23.0 Å². The normalized spacial score (nSPS) is 14.9. The molecule has 2 N–H and O–H groups in total. The molecule has 0 fully saturated rings. The minimum absolute atomic E-state index is 0.298. The van der Waals surface area contributed by atoms with Crippen LogP contribution in [-0.4, -0.2) is 18.6 Å². The van der Waals surface area contributed by atoms with E-state index in [-0.39, 0.29) is 12.0 Å². The number of fused-ring (bicyclic) bond motifs is 2. The van der Waals surface area contributed by atoms with E-state index in [1.165, 1.54) is 49.9 Å². The topological polar surface area (TPSA) is 80.6 Å². The van der Waals surface area contributed by atoms with Crippen molar-refractivity contribution in [2.45, 2.75) is 64.8 Å². The summed E-state index contributed by atoms with van der Waals surface area (Å²) in [7, 11) is 0. The van der Waals surface area contributed by atoms with Gasteiger partial charge in [-0.15, -0.1) is 22.7 Å². The Kier molecular flexibility index (Phi) is 6.55. The first kappa shape index (κ1) is 22.2. The number of furan rings is 1. The van der Waals surface area contributed by atoms with Crippen LogP contribution in [0, 0.1) is 0 Å². The van der Waals surface area contributed by atoms with E-state index >= 15 is 0 Å². The predicted octanol–water partition coefficient (Wildman–Crippen LogP) is 6.33. The monoisotopic (exact) mass is 484 g/mol. The van der Waals surface area contributed by atoms with Crippen LogP contribution in [0.25, 0.3) is 10.4 Å². The van der Waals surface area contributed by atoms with Crippen LogP contribution >= 0.6 is 22.7 Å². The molecule has 2 aliphatic rings. The third-order valence-corrected chi connectivity index (χ3v) is 8.96. The molecule has 0 radical (unpaired) electrons. The lowest BCUT2D eigenvalue weighted by molar-refractivity contribution is 0.0526. The molecule has 0 saturated carbocycles. The zero-order valence-corrected chi connectivity index (χ0v) is 20.4. The maximum absolute atomic E-state index is 12.9. The van der Waals surface area contributed by atoms with Gasteiger partial charge in [-0.25, -0.2) is 9.59 Å². The lowest BCUT2D eigenvalue weighted by Gasteiger charge is -2.14. The molecule has 0 atom stereocenters. The summed E-state index contributed by atoms with van der Waals surface area (Å²) in [6.07, 6.45) is 12.0. The molecule has 3 heterocycles. The number of nitrogens with one attached hydrogen (secondary N) is 2. The lowest BCUT2D eigenvalue weighted by atomic mass is 9.94. The van der Waals surface area contributed by atoms with Crippen molar-refractivity contribution in [2.75, 3.05) is 11.9 Å². The van der Waals surface area contributed by atoms with Gasteiger partial charge in [-0.1, -0.05) is 0 Å². The van der Waals surface area contributed by atoms with Crippen LogP contribution in [0.4, 0.5) is 9.80 Å². The van der Waals surface area contributed by atoms with Gasteiger partial charge >= 0.3 is 12.0 Å². The fourth-order valence-corrected chi connectivity index (χ4v) is 7.50. The largest absolute Gasteiger partial charge is 0.472 e. The molecule has 0 bridgehead atoms. The van der Waals surface area contributed by atoms with Crippen LogP contribution in [0.2, 0.25) is 0 Å². The Balaban J connectivity index is 1.36. The summed E-state index contributed by atoms with van der Waals surface area (Å²) in [6.45, 7) is 2.56. The molecule has 0 aliphatic heterocycles. The fourth-order valence-electron chi connectivity index (χ4n) is 4.83. The first-order valence-electron chi connectivity index (χ1n) is 11.7. The van der Waals surface area contributed by atoms with Crippen molar-refractivity contribution < 1.29 is 18.7 Å². The number of rotatable bonds is 6. The third kappa shape index (κ3) is 4.46. The van der Waals surface area contributed by atoms with Crippen molar-refractivity contribution in [3.8, 4) is 10.4 Å². The number of amides is 2. The maximum Gasteiger partial charge on any atom is 0.341 e. The van der Waals surface area contributed by atoms with Gasteiger partial charge in [0.25, 0.3) is 0 Å². The van der Waals surface area contributed by atoms with Crippen LogP contribution in [0.5, 0.6) is 0 Å². The summed E-state index contributed by atoms with van der Waals surface area (Å²) in [5.74, 6) is -0.346. The Morgan fingerprint density at radius 3 is 2.48 bits per heavy atom. The van der Waals surface area contributed by atoms with Crippen LogP contribution in [-0.2, 0) is 37.0 Å². The van der Waals surface area contributed by atoms with E-state index in [0.29, 0.717) is 23.7 Å². The van der Waals surface area contributed by atoms with Crippen molar-refractivity contribution >= 4 is 39.7 Å². The summed E-state index contributed by atoms with van der Waals surface area (Å²) < 4.78 is 10.6. The molecule has 0 aromatic carbocycles. The fraction of sp³-hybridized carbons (Fsp3) is 0.440. The minimum atomic E-state index is -0.346. The Hall–Kier alpha value is -2.58. The molecule has 8 heteroatoms. The molecule has 5 rings (SSSR count). The Labute approximate surface area is 201 Å². The summed E-state index contributed by atoms with van der Waals surface area (Å²) >= 11 is 3.32. The average Bonchev–Trinajstić information content (AvgIpc) is 3.54. The third-order valence-electron chi connectivity index (χ3n) is 6.37. The van der Waals surface area contributed by atoms with E-state index in [2.05, 4.69) is 10.6 Å². The molecular formula is C25H28N2O4S2. The summed E-state index contributed by atoms with van der Waals surface area (Å²) in [5.41, 5.74) is 5.21. The summed E-state index contributed by atoms with van der Waals surface area (Å²) in [5, 5.41) is 6.60. The molecule has 0 spiro atoms. The van der Waals surface area contributed by atoms with Gasteiger partial charge < -0.3 is 14.5 Å². The van der Waals surface area contributed by atoms with Gasteiger partial charge in [0.1, 0.15) is 5.00 Å². The number of aryl methyl sites for hydroxylation is 2. The molecule has 2 aliphatic carbocycles. The van der Waals surface area contributed by atoms with E-state index in [9.17, 15) is 9.59 Å². The van der Waals surface area contributed by atoms with Gasteiger partial charge in [-0.05, 0) is 81.0 Å². The molecule has 33 heavy (non-hydrogen) atoms. The number of urea groups is 1. The van der Waals surface area contributed by atoms with Crippen molar-refractivity contribution in [3.05, 3.63) is 50.6 Å². The average molecular weight is 485 g/mol. The highest BCUT2D eigenvalue weighted by molar-refractivity contribution is 7.17. The van der Waals surface area contributed by atoms with Crippen LogP contribution in [0.1, 0.15) is 69.4 Å². The molecule has 6 nitrogen and oxygen atoms in total. The van der Waals surface area contributed by atoms with Gasteiger partial charge in [0, 0.05) is 26.7 Å². The number of hydrogen-bond donors (Lipinski definition) is 2. The quantitative estimate of drug-likeness (QED) is 0.401. The number of anilines is 1. The Morgan fingerprint density at radius 1 is 1.03 bits per heavy atom. The number of ether oxygens (including phenoxy) is 1. The standard InChI is InChI=1S/C25H28N2O4S2/c1-2-31-24(28)21-17-8-4-6-10-20(17)33-23(21)27-25(29)26-13-18-16-7-3-5-9-19(16)32-22(18)15-11-12-30-14-15/h11-12,14H,2-10,13H2,1H3,(H2,26,27,29). The van der Waals surface area contributed by atoms with Crippen LogP contribution < -0.4 is 10.6 Å². The highest BCUT2D eigenvalue weighted by atomic mass is 32.1. The van der Waals surface area contributed by atoms with Crippen LogP contribution in [0.3, 0.4) is 0 Å². The molecule has 2 amide bonds. The highest BCUT2D eigenvalue weighted by Crippen LogP contribution is 2.41. The number of carbonyl (C=O) groups excluding carboxylic acids is 2. The van der Waals surface area contributed by atoms with E-state index in [4.69, 9.17) is 9.15 Å². The maximum atomic E-state index is 12.9. The molecule has 0 saturated heterocycles. The summed E-state index contributed by atoms with van der Waals surface area (Å²) in [4.78, 5) is 29.4. The molecule has 3 aromatic rings. The number of hydrogen-bond acceptors (Lipinski definition) is 6. The minimum Gasteiger partial charge on any atom is -0.472 e. The smallest absolute Gasteiger partial charge is 0.341 e. The molecular weight excluding hydrogens is 456 g/mol. The highest BCUT2D eigenvalue weighted by Gasteiger charge is 2.28. The zero-order valence-electron chi connectivity index (χ0n) is 18.8. The first-order valence-corrected chi connectivity index (χ1v) is 13.3. The Bertz CT molecular complexity index is 1160. The zero-order chi connectivity index (χ0) is 22.8. The van der Waals surface area contributed by atoms with E-state index in [1.54, 1.807) is 19.5 Å². The van der Waals surface area contributed by atoms with E-state index < -0.39 is 0 Å². The molecule has 3 aromatic heterocycles. The van der Waals surface area contributed by atoms with E-state index in [1.807, 2.05) is 17.4 Å². The second kappa shape index (κ2) is 9.73. The van der Waals surface area contributed by atoms with Crippen molar-refractivity contribution in [2.24, 2.45) is 0 Å². The lowest BCUT2D eigenvalue weighted by Crippen LogP contribution is -2.29. The van der Waals surface area contributed by atoms with Gasteiger partial charge in [0.15, 0.2) is 0 Å². The van der Waals surface area contributed by atoms with Crippen molar-refractivity contribution in [3.63, 3.8) is 0 Å². The van der Waals surface area contributed by atoms with Gasteiger partial charge in [0.2, 0.25) is 0 Å². The number of carbonyl (C=O) groups is 2. The van der Waals surface area contributed by atoms with Crippen molar-refractivity contribution in [1.29, 1.82) is 0 Å². The SMILES string of the molecule is CCOC(=O)c1c(NC(=O)NCc2c(-c3ccoc3)sc3c2CCCC3)sc2c1CCCC2. The molecule has 174 valence electrons. The Morgan fingerprint density at radius 2 is 1.76 bits per heavy atom. The van der Waals surface area contributed by atoms with Gasteiger partial charge in [0.05, 0.1) is 24.7 Å². The second-order valence-corrected chi connectivity index (χ2v) is 10.7. The van der Waals surface area contributed by atoms with Gasteiger partial charge in [-0.2, -0.15) is 0 Å². The number of thiophene rings is 2. The predicted molar refractivity (Wildman–Crippen MR) is 131 cm³/mol. The van der Waals surface area contributed by atoms with E-state index in [0.717, 1.165) is 49.7 Å². The number of esters is 1. The molecule has 0 unspecified atom stereocenters. The summed E-state index contributed by atoms with van der Waals surface area (Å²) in [6, 6.07) is 1.68. The van der Waals surface area contributed by atoms with Crippen molar-refractivity contribution in [1.82, 2.24) is 5.32 Å². The second-order valence-electron chi connectivity index (χ2n) is 8.47. The van der Waals surface area contributed by atoms with Gasteiger partial charge in [-0.3, -0.25) is 5.32 Å².